The van der Waals surface area contributed by atoms with Crippen LogP contribution < -0.4 is 5.32 Å². The molecule has 0 bridgehead atoms. The van der Waals surface area contributed by atoms with Crippen LogP contribution in [0.4, 0.5) is 0 Å². The van der Waals surface area contributed by atoms with Crippen LogP contribution in [0.1, 0.15) is 37.5 Å². The monoisotopic (exact) mass is 334 g/mol. The highest BCUT2D eigenvalue weighted by molar-refractivity contribution is 5.85. The average molecular weight is 335 g/mol. The summed E-state index contributed by atoms with van der Waals surface area (Å²) in [7, 11) is 2.17. The van der Waals surface area contributed by atoms with E-state index in [1.54, 1.807) is 0 Å². The van der Waals surface area contributed by atoms with Crippen molar-refractivity contribution >= 4 is 23.4 Å². The summed E-state index contributed by atoms with van der Waals surface area (Å²) < 4.78 is 2.31. The number of aryl methyl sites for hydroxylation is 1. The zero-order valence-corrected chi connectivity index (χ0v) is 14.7. The van der Waals surface area contributed by atoms with Crippen LogP contribution in [-0.4, -0.2) is 40.6 Å². The standard InChI is InChI=1S/C18H26N4.ClH/c1-21-16-6-3-2-5-15(16)20-18(21)17-7-4-12-22(17)13-14-8-10-19-11-9-14;/h2-3,5-6,14,17,19H,4,7-13H2,1H3;1H. The predicted molar refractivity (Wildman–Crippen MR) is 97.1 cm³/mol. The Labute approximate surface area is 144 Å². The SMILES string of the molecule is Cl.Cn1c(C2CCCN2CC2CCNCC2)nc2ccccc21. The second-order valence-electron chi connectivity index (χ2n) is 6.86. The molecule has 4 rings (SSSR count). The van der Waals surface area contributed by atoms with Gasteiger partial charge in [-0.3, -0.25) is 4.90 Å². The normalized spacial score (nSPS) is 23.3. The molecule has 0 spiro atoms. The van der Waals surface area contributed by atoms with Crippen LogP contribution in [0.5, 0.6) is 0 Å². The van der Waals surface area contributed by atoms with Gasteiger partial charge in [-0.25, -0.2) is 4.98 Å². The molecule has 0 saturated carbocycles. The summed E-state index contributed by atoms with van der Waals surface area (Å²) in [5.74, 6) is 2.11. The third kappa shape index (κ3) is 3.25. The topological polar surface area (TPSA) is 33.1 Å². The Morgan fingerprint density at radius 3 is 2.74 bits per heavy atom. The Bertz CT molecular complexity index is 648. The quantitative estimate of drug-likeness (QED) is 0.936. The van der Waals surface area contributed by atoms with E-state index in [0.717, 1.165) is 11.4 Å². The van der Waals surface area contributed by atoms with Crippen molar-refractivity contribution in [1.82, 2.24) is 19.8 Å². The molecule has 5 heteroatoms. The average Bonchev–Trinajstić information content (AvgIpc) is 3.13. The maximum atomic E-state index is 4.95. The van der Waals surface area contributed by atoms with Crippen LogP contribution in [0.25, 0.3) is 11.0 Å². The van der Waals surface area contributed by atoms with Crippen molar-refractivity contribution < 1.29 is 0 Å². The smallest absolute Gasteiger partial charge is 0.127 e. The number of hydrogen-bond acceptors (Lipinski definition) is 3. The van der Waals surface area contributed by atoms with E-state index in [4.69, 9.17) is 4.98 Å². The molecule has 1 aromatic heterocycles. The lowest BCUT2D eigenvalue weighted by atomic mass is 9.97. The molecule has 1 atom stereocenters. The summed E-state index contributed by atoms with van der Waals surface area (Å²) in [5, 5.41) is 3.47. The lowest BCUT2D eigenvalue weighted by Gasteiger charge is -2.31. The number of halogens is 1. The molecule has 4 nitrogen and oxygen atoms in total. The Morgan fingerprint density at radius 1 is 1.17 bits per heavy atom. The number of aromatic nitrogens is 2. The second-order valence-corrected chi connectivity index (χ2v) is 6.86. The van der Waals surface area contributed by atoms with Gasteiger partial charge >= 0.3 is 0 Å². The van der Waals surface area contributed by atoms with E-state index in [-0.39, 0.29) is 12.4 Å². The van der Waals surface area contributed by atoms with Crippen LogP contribution in [0.2, 0.25) is 0 Å². The number of hydrogen-bond donors (Lipinski definition) is 1. The molecule has 1 unspecified atom stereocenters. The first-order valence-electron chi connectivity index (χ1n) is 8.69. The first kappa shape index (κ1) is 16.7. The third-order valence-corrected chi connectivity index (χ3v) is 5.43. The van der Waals surface area contributed by atoms with Gasteiger partial charge in [0.05, 0.1) is 17.1 Å². The fourth-order valence-corrected chi connectivity index (χ4v) is 4.20. The Kier molecular flexibility index (Phi) is 5.24. The minimum Gasteiger partial charge on any atom is -0.330 e. The number of fused-ring (bicyclic) bond motifs is 1. The summed E-state index contributed by atoms with van der Waals surface area (Å²) >= 11 is 0. The zero-order valence-electron chi connectivity index (χ0n) is 13.9. The molecule has 2 fully saturated rings. The summed E-state index contributed by atoms with van der Waals surface area (Å²) in [4.78, 5) is 7.64. The molecule has 2 aliphatic rings. The molecule has 3 heterocycles. The van der Waals surface area contributed by atoms with Gasteiger partial charge in [0.25, 0.3) is 0 Å². The Balaban J connectivity index is 0.00000156. The second kappa shape index (κ2) is 7.20. The molecule has 0 aliphatic carbocycles. The molecule has 126 valence electrons. The number of rotatable bonds is 3. The lowest BCUT2D eigenvalue weighted by Crippen LogP contribution is -2.36. The first-order valence-corrected chi connectivity index (χ1v) is 8.69. The van der Waals surface area contributed by atoms with Crippen molar-refractivity contribution in [3.63, 3.8) is 0 Å². The molecule has 0 radical (unpaired) electrons. The van der Waals surface area contributed by atoms with Gasteiger partial charge in [-0.2, -0.15) is 0 Å². The largest absolute Gasteiger partial charge is 0.330 e. The highest BCUT2D eigenvalue weighted by Gasteiger charge is 2.31. The van der Waals surface area contributed by atoms with Crippen molar-refractivity contribution in [2.24, 2.45) is 13.0 Å². The lowest BCUT2D eigenvalue weighted by molar-refractivity contribution is 0.186. The van der Waals surface area contributed by atoms with Crippen molar-refractivity contribution in [2.75, 3.05) is 26.2 Å². The third-order valence-electron chi connectivity index (χ3n) is 5.43. The van der Waals surface area contributed by atoms with Crippen molar-refractivity contribution in [1.29, 1.82) is 0 Å². The molecule has 1 N–H and O–H groups in total. The maximum absolute atomic E-state index is 4.95. The number of piperidine rings is 1. The summed E-state index contributed by atoms with van der Waals surface area (Å²) in [6.45, 7) is 4.86. The van der Waals surface area contributed by atoms with Gasteiger partial charge in [-0.1, -0.05) is 12.1 Å². The van der Waals surface area contributed by atoms with Crippen LogP contribution in [0.3, 0.4) is 0 Å². The van der Waals surface area contributed by atoms with Crippen molar-refractivity contribution in [2.45, 2.75) is 31.7 Å². The highest BCUT2D eigenvalue weighted by Crippen LogP contribution is 2.34. The Hall–Kier alpha value is -1.10. The molecular formula is C18H27ClN4. The van der Waals surface area contributed by atoms with Gasteiger partial charge in [0.2, 0.25) is 0 Å². The number of nitrogens with zero attached hydrogens (tertiary/aromatic N) is 3. The summed E-state index contributed by atoms with van der Waals surface area (Å²) in [5.41, 5.74) is 2.39. The molecule has 2 saturated heterocycles. The molecule has 0 amide bonds. The van der Waals surface area contributed by atoms with E-state index < -0.39 is 0 Å². The zero-order chi connectivity index (χ0) is 14.9. The maximum Gasteiger partial charge on any atom is 0.127 e. The molecule has 23 heavy (non-hydrogen) atoms. The van der Waals surface area contributed by atoms with Gasteiger partial charge in [0.15, 0.2) is 0 Å². The van der Waals surface area contributed by atoms with E-state index in [9.17, 15) is 0 Å². The van der Waals surface area contributed by atoms with Gasteiger partial charge in [-0.15, -0.1) is 12.4 Å². The van der Waals surface area contributed by atoms with Gasteiger partial charge in [0.1, 0.15) is 5.82 Å². The van der Waals surface area contributed by atoms with Crippen molar-refractivity contribution in [3.8, 4) is 0 Å². The van der Waals surface area contributed by atoms with Crippen LogP contribution >= 0.6 is 12.4 Å². The number of para-hydroxylation sites is 2. The first-order chi connectivity index (χ1) is 10.8. The number of imidazole rings is 1. The van der Waals surface area contributed by atoms with Crippen LogP contribution in [-0.2, 0) is 7.05 Å². The fourth-order valence-electron chi connectivity index (χ4n) is 4.20. The molecule has 1 aromatic carbocycles. The summed E-state index contributed by atoms with van der Waals surface area (Å²) in [6.07, 6.45) is 5.21. The van der Waals surface area contributed by atoms with E-state index in [2.05, 4.69) is 46.1 Å². The van der Waals surface area contributed by atoms with Crippen LogP contribution in [0.15, 0.2) is 24.3 Å². The minimum absolute atomic E-state index is 0. The fraction of sp³-hybridized carbons (Fsp3) is 0.611. The Morgan fingerprint density at radius 2 is 1.96 bits per heavy atom. The molecule has 2 aliphatic heterocycles. The number of likely N-dealkylation sites (tertiary alicyclic amines) is 1. The van der Waals surface area contributed by atoms with E-state index >= 15 is 0 Å². The van der Waals surface area contributed by atoms with Gasteiger partial charge < -0.3 is 9.88 Å². The van der Waals surface area contributed by atoms with Gasteiger partial charge in [-0.05, 0) is 63.4 Å². The van der Waals surface area contributed by atoms with E-state index in [1.165, 1.54) is 63.2 Å². The predicted octanol–water partition coefficient (Wildman–Crippen LogP) is 3.13. The minimum atomic E-state index is 0. The van der Waals surface area contributed by atoms with Gasteiger partial charge in [0, 0.05) is 13.6 Å². The molecular weight excluding hydrogens is 308 g/mol. The summed E-state index contributed by atoms with van der Waals surface area (Å²) in [6, 6.07) is 9.01. The number of benzene rings is 1. The van der Waals surface area contributed by atoms with Crippen molar-refractivity contribution in [3.05, 3.63) is 30.1 Å². The molecule has 2 aromatic rings. The van der Waals surface area contributed by atoms with Crippen LogP contribution in [0, 0.1) is 5.92 Å². The van der Waals surface area contributed by atoms with E-state index in [0.29, 0.717) is 6.04 Å². The number of nitrogens with one attached hydrogen (secondary N) is 1. The van der Waals surface area contributed by atoms with E-state index in [1.807, 2.05) is 0 Å². The highest BCUT2D eigenvalue weighted by atomic mass is 35.5.